The zero-order chi connectivity index (χ0) is 18.9. The van der Waals surface area contributed by atoms with E-state index >= 15 is 0 Å². The fourth-order valence-corrected chi connectivity index (χ4v) is 3.41. The molecule has 1 amide bonds. The lowest BCUT2D eigenvalue weighted by molar-refractivity contribution is -0.124. The molecule has 0 aliphatic carbocycles. The number of nitrogens with zero attached hydrogens (tertiary/aromatic N) is 1. The third-order valence-electron chi connectivity index (χ3n) is 5.03. The minimum Gasteiger partial charge on any atom is -0.486 e. The fraction of sp³-hybridized carbons (Fsp3) is 0.650. The molecule has 0 radical (unpaired) electrons. The second-order valence-electron chi connectivity index (χ2n) is 7.05. The molecule has 2 heterocycles. The summed E-state index contributed by atoms with van der Waals surface area (Å²) in [5.41, 5.74) is 0.840. The number of carbonyl (C=O) groups excluding carboxylic acids is 1. The van der Waals surface area contributed by atoms with E-state index < -0.39 is 0 Å². The summed E-state index contributed by atoms with van der Waals surface area (Å²) >= 11 is 0. The van der Waals surface area contributed by atoms with Crippen LogP contribution in [0.1, 0.15) is 24.8 Å². The number of carbonyl (C=O) groups is 1. The Bertz CT molecular complexity index is 574. The Labute approximate surface area is 160 Å². The SMILES string of the molecule is O=C(CCCN1CCOCC1)N[C@@H]1CCOC[C@H]1Oc1ccc(CO)cc1. The van der Waals surface area contributed by atoms with Gasteiger partial charge in [0.25, 0.3) is 0 Å². The van der Waals surface area contributed by atoms with Gasteiger partial charge in [-0.25, -0.2) is 0 Å². The molecule has 0 spiro atoms. The Morgan fingerprint density at radius 1 is 1.19 bits per heavy atom. The number of rotatable bonds is 8. The number of hydrogen-bond acceptors (Lipinski definition) is 6. The highest BCUT2D eigenvalue weighted by molar-refractivity contribution is 5.76. The van der Waals surface area contributed by atoms with Gasteiger partial charge < -0.3 is 24.6 Å². The van der Waals surface area contributed by atoms with Crippen molar-refractivity contribution in [2.45, 2.75) is 38.0 Å². The smallest absolute Gasteiger partial charge is 0.220 e. The van der Waals surface area contributed by atoms with Gasteiger partial charge in [0.15, 0.2) is 0 Å². The maximum atomic E-state index is 12.4. The zero-order valence-corrected chi connectivity index (χ0v) is 15.8. The first kappa shape index (κ1) is 20.1. The van der Waals surface area contributed by atoms with E-state index in [4.69, 9.17) is 19.3 Å². The monoisotopic (exact) mass is 378 g/mol. The van der Waals surface area contributed by atoms with Gasteiger partial charge in [0.05, 0.1) is 32.5 Å². The number of amides is 1. The number of nitrogens with one attached hydrogen (secondary N) is 1. The van der Waals surface area contributed by atoms with Crippen molar-refractivity contribution in [2.24, 2.45) is 0 Å². The molecular weight excluding hydrogens is 348 g/mol. The largest absolute Gasteiger partial charge is 0.486 e. The average Bonchev–Trinajstić information content (AvgIpc) is 2.71. The molecule has 0 unspecified atom stereocenters. The van der Waals surface area contributed by atoms with E-state index in [2.05, 4.69) is 10.2 Å². The molecule has 0 aromatic heterocycles. The van der Waals surface area contributed by atoms with E-state index in [1.807, 2.05) is 24.3 Å². The first-order chi connectivity index (χ1) is 13.2. The molecule has 2 fully saturated rings. The molecule has 1 aromatic carbocycles. The van der Waals surface area contributed by atoms with Crippen LogP contribution < -0.4 is 10.1 Å². The van der Waals surface area contributed by atoms with Crippen LogP contribution in [0.25, 0.3) is 0 Å². The van der Waals surface area contributed by atoms with Gasteiger partial charge in [0, 0.05) is 26.1 Å². The molecule has 1 aromatic rings. The molecule has 2 N–H and O–H groups in total. The Morgan fingerprint density at radius 3 is 2.70 bits per heavy atom. The van der Waals surface area contributed by atoms with Crippen molar-refractivity contribution in [3.05, 3.63) is 29.8 Å². The number of aliphatic hydroxyl groups excluding tert-OH is 1. The van der Waals surface area contributed by atoms with E-state index in [1.54, 1.807) is 0 Å². The summed E-state index contributed by atoms with van der Waals surface area (Å²) in [5, 5.41) is 12.2. The Hall–Kier alpha value is -1.67. The lowest BCUT2D eigenvalue weighted by Crippen LogP contribution is -2.51. The predicted molar refractivity (Wildman–Crippen MR) is 101 cm³/mol. The van der Waals surface area contributed by atoms with Crippen molar-refractivity contribution < 1.29 is 24.1 Å². The Balaban J connectivity index is 1.43. The normalized spacial score (nSPS) is 23.7. The van der Waals surface area contributed by atoms with Gasteiger partial charge in [-0.1, -0.05) is 12.1 Å². The highest BCUT2D eigenvalue weighted by Gasteiger charge is 2.29. The fourth-order valence-electron chi connectivity index (χ4n) is 3.41. The summed E-state index contributed by atoms with van der Waals surface area (Å²) < 4.78 is 16.9. The van der Waals surface area contributed by atoms with Crippen molar-refractivity contribution >= 4 is 5.91 Å². The van der Waals surface area contributed by atoms with Crippen molar-refractivity contribution in [1.29, 1.82) is 0 Å². The molecule has 3 rings (SSSR count). The molecule has 2 atom stereocenters. The lowest BCUT2D eigenvalue weighted by Gasteiger charge is -2.32. The highest BCUT2D eigenvalue weighted by Crippen LogP contribution is 2.19. The summed E-state index contributed by atoms with van der Waals surface area (Å²) in [6.07, 6.45) is 1.91. The van der Waals surface area contributed by atoms with Crippen LogP contribution in [0.3, 0.4) is 0 Å². The van der Waals surface area contributed by atoms with Gasteiger partial charge in [-0.15, -0.1) is 0 Å². The third-order valence-corrected chi connectivity index (χ3v) is 5.03. The number of aliphatic hydroxyl groups is 1. The van der Waals surface area contributed by atoms with E-state index in [1.165, 1.54) is 0 Å². The second-order valence-corrected chi connectivity index (χ2v) is 7.05. The van der Waals surface area contributed by atoms with Crippen molar-refractivity contribution in [2.75, 3.05) is 46.1 Å². The minimum atomic E-state index is -0.207. The van der Waals surface area contributed by atoms with Gasteiger partial charge >= 0.3 is 0 Å². The van der Waals surface area contributed by atoms with E-state index in [-0.39, 0.29) is 24.7 Å². The van der Waals surface area contributed by atoms with Gasteiger partial charge in [0.2, 0.25) is 5.91 Å². The van der Waals surface area contributed by atoms with Crippen molar-refractivity contribution in [3.63, 3.8) is 0 Å². The first-order valence-electron chi connectivity index (χ1n) is 9.78. The summed E-state index contributed by atoms with van der Waals surface area (Å²) in [7, 11) is 0. The summed E-state index contributed by atoms with van der Waals surface area (Å²) in [5.74, 6) is 0.786. The molecule has 2 aliphatic rings. The van der Waals surface area contributed by atoms with Gasteiger partial charge in [0.1, 0.15) is 11.9 Å². The van der Waals surface area contributed by atoms with E-state index in [0.717, 1.165) is 51.3 Å². The van der Waals surface area contributed by atoms with Gasteiger partial charge in [-0.3, -0.25) is 9.69 Å². The molecule has 7 nitrogen and oxygen atoms in total. The molecular formula is C20H30N2O5. The van der Waals surface area contributed by atoms with Crippen LogP contribution in [-0.2, 0) is 20.9 Å². The highest BCUT2D eigenvalue weighted by atomic mass is 16.5. The van der Waals surface area contributed by atoms with E-state index in [9.17, 15) is 4.79 Å². The van der Waals surface area contributed by atoms with Crippen LogP contribution in [0.5, 0.6) is 5.75 Å². The van der Waals surface area contributed by atoms with Crippen LogP contribution in [0.15, 0.2) is 24.3 Å². The van der Waals surface area contributed by atoms with Crippen LogP contribution >= 0.6 is 0 Å². The Morgan fingerprint density at radius 2 is 1.96 bits per heavy atom. The second kappa shape index (κ2) is 10.6. The minimum absolute atomic E-state index is 0.00988. The molecule has 7 heteroatoms. The summed E-state index contributed by atoms with van der Waals surface area (Å²) in [6.45, 7) is 5.50. The van der Waals surface area contributed by atoms with Gasteiger partial charge in [-0.05, 0) is 37.1 Å². The van der Waals surface area contributed by atoms with Crippen LogP contribution in [0.2, 0.25) is 0 Å². The van der Waals surface area contributed by atoms with Crippen LogP contribution in [-0.4, -0.2) is 74.1 Å². The Kier molecular flexibility index (Phi) is 7.89. The molecule has 0 saturated carbocycles. The first-order valence-corrected chi connectivity index (χ1v) is 9.78. The standard InChI is InChI=1S/C20H30N2O5/c23-14-16-3-5-17(6-4-16)27-19-15-26-11-7-18(19)21-20(24)2-1-8-22-9-12-25-13-10-22/h3-6,18-19,23H,1-2,7-15H2,(H,21,24)/t18-,19-/m1/s1. The molecule has 27 heavy (non-hydrogen) atoms. The molecule has 0 bridgehead atoms. The maximum absolute atomic E-state index is 12.4. The molecule has 2 saturated heterocycles. The van der Waals surface area contributed by atoms with Crippen LogP contribution in [0, 0.1) is 0 Å². The van der Waals surface area contributed by atoms with Gasteiger partial charge in [-0.2, -0.15) is 0 Å². The summed E-state index contributed by atoms with van der Waals surface area (Å²) in [4.78, 5) is 14.7. The van der Waals surface area contributed by atoms with Crippen molar-refractivity contribution in [1.82, 2.24) is 10.2 Å². The van der Waals surface area contributed by atoms with Crippen molar-refractivity contribution in [3.8, 4) is 5.75 Å². The number of hydrogen-bond donors (Lipinski definition) is 2. The van der Waals surface area contributed by atoms with Crippen LogP contribution in [0.4, 0.5) is 0 Å². The average molecular weight is 378 g/mol. The summed E-state index contributed by atoms with van der Waals surface area (Å²) in [6, 6.07) is 7.28. The topological polar surface area (TPSA) is 80.3 Å². The number of morpholine rings is 1. The molecule has 150 valence electrons. The van der Waals surface area contributed by atoms with E-state index in [0.29, 0.717) is 25.4 Å². The number of benzene rings is 1. The number of ether oxygens (including phenoxy) is 3. The quantitative estimate of drug-likeness (QED) is 0.701. The zero-order valence-electron chi connectivity index (χ0n) is 15.8. The maximum Gasteiger partial charge on any atom is 0.220 e. The lowest BCUT2D eigenvalue weighted by atomic mass is 10.1. The molecule has 2 aliphatic heterocycles. The third kappa shape index (κ3) is 6.46. The predicted octanol–water partition coefficient (Wildman–Crippen LogP) is 0.944.